The molecule has 0 spiro atoms. The molecular formula is C18H11F4N3O3. The maximum Gasteiger partial charge on any atom is 0.416 e. The van der Waals surface area contributed by atoms with Crippen LogP contribution in [-0.2, 0) is 15.8 Å². The van der Waals surface area contributed by atoms with Crippen LogP contribution in [0.5, 0.6) is 0 Å². The number of alkyl halides is 3. The first-order valence-electron chi connectivity index (χ1n) is 7.83. The minimum Gasteiger partial charge on any atom is -0.276 e. The van der Waals surface area contributed by atoms with Crippen molar-refractivity contribution >= 4 is 35.4 Å². The van der Waals surface area contributed by atoms with Gasteiger partial charge >= 0.3 is 12.2 Å². The minimum absolute atomic E-state index is 0.148. The van der Waals surface area contributed by atoms with Gasteiger partial charge in [-0.25, -0.2) is 14.1 Å². The van der Waals surface area contributed by atoms with Crippen LogP contribution in [0.3, 0.4) is 0 Å². The number of aliphatic imine (C=N–C) groups is 1. The SMILES string of the molecule is O=C1NC(=O)N(c2ccccc2F)C(=O)[C@@H]1C=Nc1cccc(C(F)(F)F)c1. The first-order valence-corrected chi connectivity index (χ1v) is 7.83. The van der Waals surface area contributed by atoms with Crippen molar-refractivity contribution < 1.29 is 31.9 Å². The van der Waals surface area contributed by atoms with E-state index in [1.165, 1.54) is 24.3 Å². The highest BCUT2D eigenvalue weighted by Gasteiger charge is 2.41. The van der Waals surface area contributed by atoms with Crippen molar-refractivity contribution in [3.8, 4) is 0 Å². The number of benzene rings is 2. The lowest BCUT2D eigenvalue weighted by atomic mass is 10.1. The Balaban J connectivity index is 1.90. The molecule has 0 saturated carbocycles. The molecule has 1 saturated heterocycles. The van der Waals surface area contributed by atoms with Gasteiger partial charge in [-0.05, 0) is 30.3 Å². The Morgan fingerprint density at radius 3 is 2.43 bits per heavy atom. The third-order valence-electron chi connectivity index (χ3n) is 3.84. The topological polar surface area (TPSA) is 78.8 Å². The Kier molecular flexibility index (Phi) is 4.95. The van der Waals surface area contributed by atoms with Gasteiger partial charge in [0.25, 0.3) is 5.91 Å². The quantitative estimate of drug-likeness (QED) is 0.493. The van der Waals surface area contributed by atoms with Gasteiger partial charge < -0.3 is 0 Å². The van der Waals surface area contributed by atoms with E-state index in [1.54, 1.807) is 0 Å². The maximum atomic E-state index is 14.0. The Labute approximate surface area is 155 Å². The summed E-state index contributed by atoms with van der Waals surface area (Å²) in [6.07, 6.45) is -3.77. The molecule has 1 atom stereocenters. The van der Waals surface area contributed by atoms with E-state index >= 15 is 0 Å². The number of rotatable bonds is 3. The second-order valence-electron chi connectivity index (χ2n) is 5.72. The summed E-state index contributed by atoms with van der Waals surface area (Å²) in [6, 6.07) is 7.75. The van der Waals surface area contributed by atoms with Crippen LogP contribution < -0.4 is 10.2 Å². The molecule has 0 radical (unpaired) electrons. The van der Waals surface area contributed by atoms with Crippen molar-refractivity contribution in [1.82, 2.24) is 5.32 Å². The average molecular weight is 393 g/mol. The predicted octanol–water partition coefficient (Wildman–Crippen LogP) is 3.45. The van der Waals surface area contributed by atoms with Crippen molar-refractivity contribution in [1.29, 1.82) is 0 Å². The number of amides is 4. The molecule has 2 aromatic rings. The second-order valence-corrected chi connectivity index (χ2v) is 5.72. The van der Waals surface area contributed by atoms with Gasteiger partial charge in [-0.15, -0.1) is 0 Å². The molecular weight excluding hydrogens is 382 g/mol. The number of para-hydroxylation sites is 1. The van der Waals surface area contributed by atoms with E-state index in [0.717, 1.165) is 30.5 Å². The first-order chi connectivity index (χ1) is 13.2. The lowest BCUT2D eigenvalue weighted by Crippen LogP contribution is -2.58. The molecule has 3 rings (SSSR count). The van der Waals surface area contributed by atoms with Crippen LogP contribution in [0, 0.1) is 11.7 Å². The molecule has 1 heterocycles. The van der Waals surface area contributed by atoms with Crippen LogP contribution >= 0.6 is 0 Å². The zero-order chi connectivity index (χ0) is 20.5. The number of carbonyl (C=O) groups excluding carboxylic acids is 3. The van der Waals surface area contributed by atoms with E-state index < -0.39 is 41.3 Å². The largest absolute Gasteiger partial charge is 0.416 e. The summed E-state index contributed by atoms with van der Waals surface area (Å²) in [7, 11) is 0. The summed E-state index contributed by atoms with van der Waals surface area (Å²) in [6.45, 7) is 0. The zero-order valence-corrected chi connectivity index (χ0v) is 13.9. The molecule has 0 bridgehead atoms. The smallest absolute Gasteiger partial charge is 0.276 e. The summed E-state index contributed by atoms with van der Waals surface area (Å²) in [4.78, 5) is 40.7. The van der Waals surface area contributed by atoms with Crippen LogP contribution in [0.15, 0.2) is 53.5 Å². The van der Waals surface area contributed by atoms with Crippen molar-refractivity contribution in [2.75, 3.05) is 4.90 Å². The Morgan fingerprint density at radius 2 is 1.75 bits per heavy atom. The standard InChI is InChI=1S/C18H11F4N3O3/c19-13-6-1-2-7-14(13)25-16(27)12(15(26)24-17(25)28)9-23-11-5-3-4-10(8-11)18(20,21)22/h1-9,12H,(H,24,26,28)/t12-/m1/s1. The van der Waals surface area contributed by atoms with Crippen LogP contribution in [0.4, 0.5) is 33.7 Å². The predicted molar refractivity (Wildman–Crippen MR) is 90.5 cm³/mol. The molecule has 0 aliphatic carbocycles. The first kappa shape index (κ1) is 19.2. The highest BCUT2D eigenvalue weighted by Crippen LogP contribution is 2.31. The van der Waals surface area contributed by atoms with E-state index in [0.29, 0.717) is 4.90 Å². The normalized spacial score (nSPS) is 17.9. The van der Waals surface area contributed by atoms with Gasteiger partial charge in [0.05, 0.1) is 16.9 Å². The average Bonchev–Trinajstić information content (AvgIpc) is 2.62. The number of nitrogens with zero attached hydrogens (tertiary/aromatic N) is 2. The molecule has 4 amide bonds. The minimum atomic E-state index is -4.59. The van der Waals surface area contributed by atoms with Crippen LogP contribution in [0.25, 0.3) is 0 Å². The molecule has 144 valence electrons. The number of halogens is 4. The highest BCUT2D eigenvalue weighted by molar-refractivity contribution is 6.32. The van der Waals surface area contributed by atoms with Gasteiger partial charge in [0.1, 0.15) is 5.82 Å². The molecule has 1 N–H and O–H groups in total. The number of imide groups is 2. The van der Waals surface area contributed by atoms with Crippen molar-refractivity contribution in [3.05, 3.63) is 59.9 Å². The molecule has 28 heavy (non-hydrogen) atoms. The van der Waals surface area contributed by atoms with E-state index in [9.17, 15) is 31.9 Å². The summed E-state index contributed by atoms with van der Waals surface area (Å²) >= 11 is 0. The van der Waals surface area contributed by atoms with Gasteiger partial charge in [-0.1, -0.05) is 18.2 Å². The third-order valence-corrected chi connectivity index (χ3v) is 3.84. The molecule has 1 aliphatic heterocycles. The summed E-state index contributed by atoms with van der Waals surface area (Å²) < 4.78 is 52.2. The Bertz CT molecular complexity index is 988. The van der Waals surface area contributed by atoms with Gasteiger partial charge in [-0.3, -0.25) is 19.9 Å². The molecule has 0 unspecified atom stereocenters. The number of urea groups is 1. The number of nitrogens with one attached hydrogen (secondary N) is 1. The number of anilines is 1. The molecule has 0 aromatic heterocycles. The zero-order valence-electron chi connectivity index (χ0n) is 13.9. The Morgan fingerprint density at radius 1 is 1.04 bits per heavy atom. The molecule has 6 nitrogen and oxygen atoms in total. The number of hydrogen-bond donors (Lipinski definition) is 1. The summed E-state index contributed by atoms with van der Waals surface area (Å²) in [5.74, 6) is -4.58. The van der Waals surface area contributed by atoms with Crippen molar-refractivity contribution in [3.63, 3.8) is 0 Å². The third kappa shape index (κ3) is 3.75. The fourth-order valence-electron chi connectivity index (χ4n) is 2.51. The van der Waals surface area contributed by atoms with Crippen LogP contribution in [-0.4, -0.2) is 24.1 Å². The number of hydrogen-bond acceptors (Lipinski definition) is 4. The maximum absolute atomic E-state index is 14.0. The monoisotopic (exact) mass is 393 g/mol. The lowest BCUT2D eigenvalue weighted by Gasteiger charge is -2.28. The molecule has 2 aromatic carbocycles. The van der Waals surface area contributed by atoms with E-state index in [-0.39, 0.29) is 11.4 Å². The second kappa shape index (κ2) is 7.22. The highest BCUT2D eigenvalue weighted by atomic mass is 19.4. The number of barbiturate groups is 1. The number of carbonyl (C=O) groups is 3. The van der Waals surface area contributed by atoms with Crippen LogP contribution in [0.1, 0.15) is 5.56 Å². The molecule has 1 aliphatic rings. The molecule has 1 fully saturated rings. The summed E-state index contributed by atoms with van der Waals surface area (Å²) in [5.41, 5.74) is -1.47. The van der Waals surface area contributed by atoms with Gasteiger partial charge in [-0.2, -0.15) is 13.2 Å². The Hall–Kier alpha value is -3.56. The molecule has 10 heteroatoms. The summed E-state index contributed by atoms with van der Waals surface area (Å²) in [5, 5.41) is 1.90. The van der Waals surface area contributed by atoms with E-state index in [2.05, 4.69) is 4.99 Å². The van der Waals surface area contributed by atoms with Crippen molar-refractivity contribution in [2.45, 2.75) is 6.18 Å². The van der Waals surface area contributed by atoms with Gasteiger partial charge in [0.15, 0.2) is 5.92 Å². The van der Waals surface area contributed by atoms with Gasteiger partial charge in [0.2, 0.25) is 5.91 Å². The van der Waals surface area contributed by atoms with Crippen molar-refractivity contribution in [2.24, 2.45) is 10.9 Å². The lowest BCUT2D eigenvalue weighted by molar-refractivity contribution is -0.137. The fraction of sp³-hybridized carbons (Fsp3) is 0.111. The van der Waals surface area contributed by atoms with E-state index in [4.69, 9.17) is 0 Å². The fourth-order valence-corrected chi connectivity index (χ4v) is 2.51. The van der Waals surface area contributed by atoms with Crippen LogP contribution in [0.2, 0.25) is 0 Å². The van der Waals surface area contributed by atoms with E-state index in [1.807, 2.05) is 5.32 Å². The van der Waals surface area contributed by atoms with Gasteiger partial charge in [0, 0.05) is 6.21 Å².